The predicted molar refractivity (Wildman–Crippen MR) is 186 cm³/mol. The lowest BCUT2D eigenvalue weighted by atomic mass is 10.00. The number of anilines is 2. The molecule has 1 aliphatic rings. The molecule has 0 amide bonds. The second kappa shape index (κ2) is 17.5. The Hall–Kier alpha value is -3.35. The number of fused-ring (bicyclic) bond motifs is 1. The lowest BCUT2D eigenvalue weighted by molar-refractivity contribution is 0.751. The van der Waals surface area contributed by atoms with Crippen molar-refractivity contribution in [3.63, 3.8) is 0 Å². The minimum absolute atomic E-state index is 1.04. The Morgan fingerprint density at radius 2 is 1.73 bits per heavy atom. The van der Waals surface area contributed by atoms with Crippen LogP contribution in [0.1, 0.15) is 45.6 Å². The van der Waals surface area contributed by atoms with Gasteiger partial charge in [0.15, 0.2) is 0 Å². The van der Waals surface area contributed by atoms with E-state index in [9.17, 15) is 0 Å². The maximum atomic E-state index is 4.72. The molecular formula is C35H44N4S2. The molecular weight excluding hydrogens is 541 g/mol. The van der Waals surface area contributed by atoms with Crippen molar-refractivity contribution < 1.29 is 0 Å². The van der Waals surface area contributed by atoms with Crippen LogP contribution in [-0.4, -0.2) is 24.3 Å². The third kappa shape index (κ3) is 10.2. The summed E-state index contributed by atoms with van der Waals surface area (Å²) in [4.78, 5) is 5.92. The largest absolute Gasteiger partial charge is 0.394 e. The molecule has 0 aliphatic carbocycles. The summed E-state index contributed by atoms with van der Waals surface area (Å²) in [6.07, 6.45) is 9.56. The molecule has 6 heteroatoms. The van der Waals surface area contributed by atoms with Crippen LogP contribution in [0.4, 0.5) is 11.4 Å². The Kier molecular flexibility index (Phi) is 13.7. The average molecular weight is 585 g/mol. The molecule has 216 valence electrons. The normalized spacial score (nSPS) is 12.6. The topological polar surface area (TPSA) is 40.2 Å². The van der Waals surface area contributed by atoms with Gasteiger partial charge in [-0.1, -0.05) is 55.0 Å². The number of benzene rings is 3. The average Bonchev–Trinajstić information content (AvgIpc) is 3.31. The highest BCUT2D eigenvalue weighted by Gasteiger charge is 2.12. The van der Waals surface area contributed by atoms with Crippen LogP contribution in [0.5, 0.6) is 0 Å². The Labute approximate surface area is 256 Å². The van der Waals surface area contributed by atoms with E-state index in [-0.39, 0.29) is 0 Å². The molecule has 5 rings (SSSR count). The molecule has 4 nitrogen and oxygen atoms in total. The van der Waals surface area contributed by atoms with Gasteiger partial charge in [0.2, 0.25) is 0 Å². The fourth-order valence-electron chi connectivity index (χ4n) is 4.05. The summed E-state index contributed by atoms with van der Waals surface area (Å²) in [6, 6.07) is 25.9. The third-order valence-corrected chi connectivity index (χ3v) is 8.63. The number of rotatable bonds is 6. The van der Waals surface area contributed by atoms with Crippen molar-refractivity contribution in [2.24, 2.45) is 0 Å². The molecule has 41 heavy (non-hydrogen) atoms. The molecule has 0 radical (unpaired) electrons. The van der Waals surface area contributed by atoms with E-state index < -0.39 is 0 Å². The quantitative estimate of drug-likeness (QED) is 0.174. The van der Waals surface area contributed by atoms with Gasteiger partial charge in [0.05, 0.1) is 5.69 Å². The molecule has 0 saturated carbocycles. The molecule has 0 bridgehead atoms. The van der Waals surface area contributed by atoms with E-state index in [2.05, 4.69) is 121 Å². The first-order chi connectivity index (χ1) is 20.0. The molecule has 2 N–H and O–H groups in total. The Balaban J connectivity index is 0.000000451. The number of nitrogens with one attached hydrogen (secondary N) is 2. The number of hydrogen-bond donors (Lipinski definition) is 2. The molecule has 1 saturated heterocycles. The highest BCUT2D eigenvalue weighted by atomic mass is 32.2. The van der Waals surface area contributed by atoms with Crippen molar-refractivity contribution in [2.45, 2.75) is 51.9 Å². The van der Waals surface area contributed by atoms with Crippen LogP contribution in [0.25, 0.3) is 22.0 Å². The molecule has 2 heterocycles. The zero-order valence-corrected chi connectivity index (χ0v) is 26.7. The number of pyridine rings is 1. The lowest BCUT2D eigenvalue weighted by Gasteiger charge is -2.21. The summed E-state index contributed by atoms with van der Waals surface area (Å²) in [7, 11) is 1.81. The van der Waals surface area contributed by atoms with Crippen molar-refractivity contribution in [3.8, 4) is 11.3 Å². The minimum Gasteiger partial charge on any atom is -0.394 e. The first-order valence-corrected chi connectivity index (χ1v) is 16.0. The zero-order chi connectivity index (χ0) is 29.5. The van der Waals surface area contributed by atoms with E-state index in [4.69, 9.17) is 4.98 Å². The van der Waals surface area contributed by atoms with Gasteiger partial charge in [-0.05, 0) is 124 Å². The Morgan fingerprint density at radius 1 is 1.00 bits per heavy atom. The molecule has 0 spiro atoms. The van der Waals surface area contributed by atoms with Crippen LogP contribution in [0.2, 0.25) is 0 Å². The first-order valence-electron chi connectivity index (χ1n) is 14.2. The van der Waals surface area contributed by atoms with E-state index in [0.717, 1.165) is 17.9 Å². The van der Waals surface area contributed by atoms with E-state index in [1.54, 1.807) is 18.1 Å². The number of aryl methyl sites for hydroxylation is 1. The van der Waals surface area contributed by atoms with E-state index in [1.807, 2.05) is 32.1 Å². The summed E-state index contributed by atoms with van der Waals surface area (Å²) in [5.41, 5.74) is 7.20. The van der Waals surface area contributed by atoms with Crippen LogP contribution < -0.4 is 14.3 Å². The standard InChI is InChI=1S/C27H27N3S2.C5H10.C3H7N/c1-20-9-10-22(19-26(20)27-25-8-4-3-7-21(25)15-16-28-27)29-32-24-13-11-23(12-14-24)30-17-5-2-6-18-31-30;1-4-5(2)3;1-3-4-2/h3-4,7-16,19,29H,2,5-6,17-18H2,1H3;4H,1-3H3;3-4H,1H2,2H3. The smallest absolute Gasteiger partial charge is 0.0783 e. The maximum absolute atomic E-state index is 4.72. The van der Waals surface area contributed by atoms with E-state index >= 15 is 0 Å². The second-order valence-corrected chi connectivity index (χ2v) is 12.0. The monoisotopic (exact) mass is 584 g/mol. The summed E-state index contributed by atoms with van der Waals surface area (Å²) >= 11 is 3.61. The molecule has 0 unspecified atom stereocenters. The predicted octanol–water partition coefficient (Wildman–Crippen LogP) is 10.3. The van der Waals surface area contributed by atoms with E-state index in [1.165, 1.54) is 63.1 Å². The van der Waals surface area contributed by atoms with Crippen molar-refractivity contribution >= 4 is 46.0 Å². The third-order valence-electron chi connectivity index (χ3n) is 6.61. The minimum atomic E-state index is 1.04. The SMILES string of the molecule is C=CNC.CC=C(C)C.Cc1ccc(NSc2ccc(N3CCCCCS3)cc2)cc1-c1nccc2ccccc12. The molecule has 1 aliphatic heterocycles. The van der Waals surface area contributed by atoms with Crippen molar-refractivity contribution in [1.29, 1.82) is 0 Å². The maximum Gasteiger partial charge on any atom is 0.0783 e. The molecule has 0 atom stereocenters. The second-order valence-electron chi connectivity index (χ2n) is 9.96. The summed E-state index contributed by atoms with van der Waals surface area (Å²) in [5.74, 6) is 1.22. The Bertz CT molecular complexity index is 1380. The van der Waals surface area contributed by atoms with Crippen molar-refractivity contribution in [3.05, 3.63) is 109 Å². The van der Waals surface area contributed by atoms with Crippen LogP contribution in [-0.2, 0) is 0 Å². The van der Waals surface area contributed by atoms with Crippen LogP contribution >= 0.6 is 23.9 Å². The fraction of sp³-hybridized carbons (Fsp3) is 0.286. The van der Waals surface area contributed by atoms with Gasteiger partial charge in [-0.2, -0.15) is 0 Å². The molecule has 1 fully saturated rings. The van der Waals surface area contributed by atoms with Gasteiger partial charge < -0.3 is 14.3 Å². The molecule has 3 aromatic carbocycles. The van der Waals surface area contributed by atoms with Gasteiger partial charge >= 0.3 is 0 Å². The molecule has 1 aromatic heterocycles. The number of aromatic nitrogens is 1. The summed E-state index contributed by atoms with van der Waals surface area (Å²) < 4.78 is 5.97. The van der Waals surface area contributed by atoms with Gasteiger partial charge in [0, 0.05) is 52.8 Å². The van der Waals surface area contributed by atoms with Crippen LogP contribution in [0, 0.1) is 6.92 Å². The Morgan fingerprint density at radius 3 is 2.44 bits per heavy atom. The zero-order valence-electron chi connectivity index (χ0n) is 25.1. The van der Waals surface area contributed by atoms with E-state index in [0.29, 0.717) is 0 Å². The lowest BCUT2D eigenvalue weighted by Crippen LogP contribution is -2.14. The van der Waals surface area contributed by atoms with Gasteiger partial charge in [0.1, 0.15) is 0 Å². The van der Waals surface area contributed by atoms with Crippen molar-refractivity contribution in [1.82, 2.24) is 10.3 Å². The van der Waals surface area contributed by atoms with Crippen molar-refractivity contribution in [2.75, 3.05) is 28.4 Å². The van der Waals surface area contributed by atoms with Crippen LogP contribution in [0.3, 0.4) is 0 Å². The van der Waals surface area contributed by atoms with Gasteiger partial charge in [0.25, 0.3) is 0 Å². The molecule has 4 aromatic rings. The highest BCUT2D eigenvalue weighted by Crippen LogP contribution is 2.33. The first kappa shape index (κ1) is 32.2. The van der Waals surface area contributed by atoms with Crippen LogP contribution in [0.15, 0.2) is 108 Å². The van der Waals surface area contributed by atoms with Gasteiger partial charge in [-0.25, -0.2) is 0 Å². The highest BCUT2D eigenvalue weighted by molar-refractivity contribution is 8.00. The number of nitrogens with zero attached hydrogens (tertiary/aromatic N) is 2. The van der Waals surface area contributed by atoms with Gasteiger partial charge in [-0.15, -0.1) is 0 Å². The fourth-order valence-corrected chi connectivity index (χ4v) is 5.77. The number of hydrogen-bond acceptors (Lipinski definition) is 6. The number of allylic oxidation sites excluding steroid dienone is 2. The van der Waals surface area contributed by atoms with Gasteiger partial charge in [-0.3, -0.25) is 4.98 Å². The summed E-state index contributed by atoms with van der Waals surface area (Å²) in [6.45, 7) is 12.9. The summed E-state index contributed by atoms with van der Waals surface area (Å²) in [5, 5.41) is 5.09.